The van der Waals surface area contributed by atoms with Gasteiger partial charge in [0.15, 0.2) is 14.5 Å². The zero-order valence-corrected chi connectivity index (χ0v) is 12.6. The summed E-state index contributed by atoms with van der Waals surface area (Å²) in [5, 5.41) is 20.6. The highest BCUT2D eigenvalue weighted by Gasteiger charge is 2.15. The van der Waals surface area contributed by atoms with Gasteiger partial charge in [-0.25, -0.2) is 4.98 Å². The van der Waals surface area contributed by atoms with Gasteiger partial charge >= 0.3 is 0 Å². The molecule has 0 radical (unpaired) electrons. The van der Waals surface area contributed by atoms with Crippen LogP contribution in [0.15, 0.2) is 31.1 Å². The molecule has 0 spiro atoms. The number of amidine groups is 1. The summed E-state index contributed by atoms with van der Waals surface area (Å²) >= 11 is 4.38. The maximum Gasteiger partial charge on any atom is 0.181 e. The molecule has 2 aromatic rings. The Labute approximate surface area is 122 Å². The van der Waals surface area contributed by atoms with E-state index in [2.05, 4.69) is 20.3 Å². The van der Waals surface area contributed by atoms with E-state index < -0.39 is 0 Å². The smallest absolute Gasteiger partial charge is 0.181 e. The van der Waals surface area contributed by atoms with Gasteiger partial charge in [-0.2, -0.15) is 0 Å². The van der Waals surface area contributed by atoms with Crippen LogP contribution in [-0.4, -0.2) is 32.5 Å². The molecule has 0 atom stereocenters. The van der Waals surface area contributed by atoms with Gasteiger partial charge in [0.1, 0.15) is 5.03 Å². The van der Waals surface area contributed by atoms with E-state index in [-0.39, 0.29) is 5.84 Å². The number of hydrogen-bond acceptors (Lipinski definition) is 8. The van der Waals surface area contributed by atoms with E-state index in [9.17, 15) is 0 Å². The molecule has 0 fully saturated rings. The van der Waals surface area contributed by atoms with Crippen LogP contribution in [0, 0.1) is 6.92 Å². The van der Waals surface area contributed by atoms with Crippen LogP contribution in [-0.2, 0) is 0 Å². The highest BCUT2D eigenvalue weighted by atomic mass is 32.2. The van der Waals surface area contributed by atoms with Crippen molar-refractivity contribution in [3.63, 3.8) is 0 Å². The molecule has 0 aliphatic heterocycles. The number of aromatic nitrogens is 3. The molecule has 6 nitrogen and oxygen atoms in total. The summed E-state index contributed by atoms with van der Waals surface area (Å²) in [7, 11) is 0. The van der Waals surface area contributed by atoms with E-state index in [0.717, 1.165) is 14.2 Å². The van der Waals surface area contributed by atoms with Crippen molar-refractivity contribution in [3.05, 3.63) is 23.4 Å². The van der Waals surface area contributed by atoms with Gasteiger partial charge in [-0.1, -0.05) is 28.3 Å². The number of nitrogens with two attached hydrogens (primary N) is 1. The van der Waals surface area contributed by atoms with E-state index >= 15 is 0 Å². The zero-order valence-electron chi connectivity index (χ0n) is 10.2. The standard InChI is InChI=1S/C10H11N5OS3/c1-5-3-4-12-8(6(5)7(11)15-16)18-10-14-13-9(17-2)19-10/h3-4,16H,1-2H3,(H2,11,15). The van der Waals surface area contributed by atoms with Crippen LogP contribution in [0.5, 0.6) is 0 Å². The van der Waals surface area contributed by atoms with E-state index in [1.54, 1.807) is 18.0 Å². The van der Waals surface area contributed by atoms with Crippen molar-refractivity contribution in [2.45, 2.75) is 20.6 Å². The number of rotatable bonds is 4. The van der Waals surface area contributed by atoms with Crippen molar-refractivity contribution in [3.8, 4) is 0 Å². The molecule has 2 rings (SSSR count). The van der Waals surface area contributed by atoms with Crippen LogP contribution in [0.3, 0.4) is 0 Å². The Kier molecular flexibility index (Phi) is 4.61. The first-order chi connectivity index (χ1) is 9.15. The topological polar surface area (TPSA) is 97.3 Å². The normalized spacial score (nSPS) is 11.8. The lowest BCUT2D eigenvalue weighted by molar-refractivity contribution is 0.318. The summed E-state index contributed by atoms with van der Waals surface area (Å²) in [4.78, 5) is 4.26. The summed E-state index contributed by atoms with van der Waals surface area (Å²) < 4.78 is 1.66. The second kappa shape index (κ2) is 6.22. The van der Waals surface area contributed by atoms with Gasteiger partial charge in [0.2, 0.25) is 0 Å². The van der Waals surface area contributed by atoms with Crippen LogP contribution in [0.1, 0.15) is 11.1 Å². The SMILES string of the molecule is CSc1nnc(Sc2nccc(C)c2/C(N)=N/O)s1. The average molecular weight is 313 g/mol. The Balaban J connectivity index is 2.37. The van der Waals surface area contributed by atoms with Gasteiger partial charge in [-0.05, 0) is 36.6 Å². The minimum absolute atomic E-state index is 0.0442. The van der Waals surface area contributed by atoms with E-state index in [1.165, 1.54) is 23.1 Å². The molecule has 0 saturated heterocycles. The van der Waals surface area contributed by atoms with Crippen molar-refractivity contribution in [2.75, 3.05) is 6.26 Å². The predicted molar refractivity (Wildman–Crippen MR) is 77.3 cm³/mol. The minimum Gasteiger partial charge on any atom is -0.409 e. The lowest BCUT2D eigenvalue weighted by Crippen LogP contribution is -2.16. The molecule has 0 amide bonds. The van der Waals surface area contributed by atoms with Crippen LogP contribution in [0.4, 0.5) is 0 Å². The largest absolute Gasteiger partial charge is 0.409 e. The van der Waals surface area contributed by atoms with Crippen molar-refractivity contribution in [1.82, 2.24) is 15.2 Å². The molecule has 0 aliphatic rings. The first-order valence-electron chi connectivity index (χ1n) is 5.14. The summed E-state index contributed by atoms with van der Waals surface area (Å²) in [5.41, 5.74) is 7.20. The maximum atomic E-state index is 8.84. The molecule has 0 aliphatic carbocycles. The van der Waals surface area contributed by atoms with Crippen LogP contribution < -0.4 is 5.73 Å². The second-order valence-electron chi connectivity index (χ2n) is 3.43. The molecule has 3 N–H and O–H groups in total. The molecule has 19 heavy (non-hydrogen) atoms. The molecule has 2 heterocycles. The lowest BCUT2D eigenvalue weighted by atomic mass is 10.1. The maximum absolute atomic E-state index is 8.84. The fourth-order valence-electron chi connectivity index (χ4n) is 1.38. The van der Waals surface area contributed by atoms with Gasteiger partial charge in [-0.3, -0.25) is 0 Å². The molecule has 2 aromatic heterocycles. The van der Waals surface area contributed by atoms with E-state index in [0.29, 0.717) is 10.6 Å². The first-order valence-corrected chi connectivity index (χ1v) is 8.00. The Morgan fingerprint density at radius 3 is 2.79 bits per heavy atom. The summed E-state index contributed by atoms with van der Waals surface area (Å²) in [5.74, 6) is 0.0442. The number of aryl methyl sites for hydroxylation is 1. The van der Waals surface area contributed by atoms with Crippen LogP contribution in [0.2, 0.25) is 0 Å². The second-order valence-corrected chi connectivity index (χ2v) is 6.70. The third-order valence-electron chi connectivity index (χ3n) is 2.23. The number of hydrogen-bond donors (Lipinski definition) is 2. The Bertz CT molecular complexity index is 613. The number of pyridine rings is 1. The highest BCUT2D eigenvalue weighted by molar-refractivity contribution is 8.03. The molecule has 0 unspecified atom stereocenters. The number of oxime groups is 1. The Hall–Kier alpha value is -1.32. The minimum atomic E-state index is 0.0442. The van der Waals surface area contributed by atoms with Gasteiger partial charge in [0, 0.05) is 6.20 Å². The first kappa shape index (κ1) is 14.1. The fraction of sp³-hybridized carbons (Fsp3) is 0.200. The monoisotopic (exact) mass is 313 g/mol. The van der Waals surface area contributed by atoms with Gasteiger partial charge in [-0.15, -0.1) is 10.2 Å². The average Bonchev–Trinajstić information content (AvgIpc) is 2.86. The molecule has 0 saturated carbocycles. The Morgan fingerprint density at radius 1 is 1.42 bits per heavy atom. The summed E-state index contributed by atoms with van der Waals surface area (Å²) in [6.45, 7) is 1.88. The van der Waals surface area contributed by atoms with Gasteiger partial charge < -0.3 is 10.9 Å². The summed E-state index contributed by atoms with van der Waals surface area (Å²) in [6, 6.07) is 1.81. The quantitative estimate of drug-likeness (QED) is 0.293. The molecular formula is C10H11N5OS3. The highest BCUT2D eigenvalue weighted by Crippen LogP contribution is 2.34. The third kappa shape index (κ3) is 3.17. The fourth-order valence-corrected chi connectivity index (χ4v) is 3.91. The molecule has 0 bridgehead atoms. The molecule has 9 heteroatoms. The van der Waals surface area contributed by atoms with Crippen molar-refractivity contribution in [2.24, 2.45) is 10.9 Å². The van der Waals surface area contributed by atoms with Crippen molar-refractivity contribution >= 4 is 40.7 Å². The predicted octanol–water partition coefficient (Wildman–Crippen LogP) is 2.21. The number of nitrogens with zero attached hydrogens (tertiary/aromatic N) is 4. The summed E-state index contributed by atoms with van der Waals surface area (Å²) in [6.07, 6.45) is 3.63. The van der Waals surface area contributed by atoms with Crippen LogP contribution in [0.25, 0.3) is 0 Å². The van der Waals surface area contributed by atoms with E-state index in [1.807, 2.05) is 19.2 Å². The van der Waals surface area contributed by atoms with Crippen molar-refractivity contribution < 1.29 is 5.21 Å². The third-order valence-corrected chi connectivity index (χ3v) is 5.19. The number of thioether (sulfide) groups is 1. The van der Waals surface area contributed by atoms with Gasteiger partial charge in [0.25, 0.3) is 0 Å². The van der Waals surface area contributed by atoms with Crippen LogP contribution >= 0.6 is 34.9 Å². The molecular weight excluding hydrogens is 302 g/mol. The lowest BCUT2D eigenvalue weighted by Gasteiger charge is -2.07. The van der Waals surface area contributed by atoms with E-state index in [4.69, 9.17) is 10.9 Å². The molecule has 100 valence electrons. The Morgan fingerprint density at radius 2 is 2.16 bits per heavy atom. The molecule has 0 aromatic carbocycles. The van der Waals surface area contributed by atoms with Gasteiger partial charge in [0.05, 0.1) is 5.56 Å². The van der Waals surface area contributed by atoms with Crippen molar-refractivity contribution in [1.29, 1.82) is 0 Å². The zero-order chi connectivity index (χ0) is 13.8.